The number of benzene rings is 1. The molecule has 2 atom stereocenters. The summed E-state index contributed by atoms with van der Waals surface area (Å²) >= 11 is 0. The number of nitrogens with zero attached hydrogens (tertiary/aromatic N) is 2. The normalized spacial score (nSPS) is 23.1. The van der Waals surface area contributed by atoms with Gasteiger partial charge < -0.3 is 4.74 Å². The van der Waals surface area contributed by atoms with Crippen LogP contribution in [-0.4, -0.2) is 21.5 Å². The van der Waals surface area contributed by atoms with E-state index in [4.69, 9.17) is 4.74 Å². The molecule has 1 aromatic carbocycles. The highest BCUT2D eigenvalue weighted by atomic mass is 16.6. The van der Waals surface area contributed by atoms with Gasteiger partial charge in [0.1, 0.15) is 5.60 Å². The van der Waals surface area contributed by atoms with Gasteiger partial charge in [-0.2, -0.15) is 0 Å². The highest BCUT2D eigenvalue weighted by Crippen LogP contribution is 2.54. The highest BCUT2D eigenvalue weighted by molar-refractivity contribution is 5.72. The van der Waals surface area contributed by atoms with Gasteiger partial charge in [0, 0.05) is 12.1 Å². The summed E-state index contributed by atoms with van der Waals surface area (Å²) in [5.41, 5.74) is 1.44. The Kier molecular flexibility index (Phi) is 2.93. The lowest BCUT2D eigenvalue weighted by Gasteiger charge is -2.27. The van der Waals surface area contributed by atoms with E-state index in [1.165, 1.54) is 6.07 Å². The molecule has 112 valence electrons. The van der Waals surface area contributed by atoms with Crippen LogP contribution in [0.1, 0.15) is 56.8 Å². The van der Waals surface area contributed by atoms with E-state index in [0.29, 0.717) is 0 Å². The van der Waals surface area contributed by atoms with Crippen molar-refractivity contribution in [3.8, 4) is 0 Å². The summed E-state index contributed by atoms with van der Waals surface area (Å²) in [5.74, 6) is 0. The van der Waals surface area contributed by atoms with Crippen LogP contribution in [0.4, 0.5) is 10.5 Å². The van der Waals surface area contributed by atoms with Crippen molar-refractivity contribution in [2.24, 2.45) is 0 Å². The number of non-ortho nitro benzene ring substituents is 1. The number of carbonyl (C=O) groups excluding carboxylic acids is 1. The van der Waals surface area contributed by atoms with E-state index in [9.17, 15) is 14.9 Å². The minimum Gasteiger partial charge on any atom is -0.444 e. The van der Waals surface area contributed by atoms with Crippen LogP contribution in [0.3, 0.4) is 0 Å². The van der Waals surface area contributed by atoms with E-state index >= 15 is 0 Å². The molecular weight excluding hydrogens is 272 g/mol. The van der Waals surface area contributed by atoms with Crippen molar-refractivity contribution in [2.45, 2.75) is 51.3 Å². The molecule has 2 heterocycles. The van der Waals surface area contributed by atoms with Crippen molar-refractivity contribution in [2.75, 3.05) is 0 Å². The van der Waals surface area contributed by atoms with Crippen LogP contribution in [0, 0.1) is 10.1 Å². The molecular formula is C15H18N2O4. The summed E-state index contributed by atoms with van der Waals surface area (Å²) in [6, 6.07) is 4.76. The lowest BCUT2D eigenvalue weighted by Crippen LogP contribution is -2.34. The van der Waals surface area contributed by atoms with Crippen LogP contribution in [0.15, 0.2) is 18.2 Å². The molecule has 0 N–H and O–H groups in total. The molecule has 1 amide bonds. The molecule has 0 aromatic heterocycles. The molecule has 3 rings (SSSR count). The van der Waals surface area contributed by atoms with Gasteiger partial charge in [-0.15, -0.1) is 0 Å². The van der Waals surface area contributed by atoms with Crippen molar-refractivity contribution >= 4 is 11.8 Å². The average molecular weight is 290 g/mol. The van der Waals surface area contributed by atoms with Gasteiger partial charge >= 0.3 is 6.09 Å². The first-order valence-corrected chi connectivity index (χ1v) is 7.07. The number of carbonyl (C=O) groups is 1. The van der Waals surface area contributed by atoms with E-state index in [2.05, 4.69) is 0 Å². The van der Waals surface area contributed by atoms with Gasteiger partial charge in [-0.05, 0) is 50.8 Å². The Balaban J connectivity index is 1.92. The lowest BCUT2D eigenvalue weighted by atomic mass is 9.91. The third-order valence-corrected chi connectivity index (χ3v) is 3.99. The fraction of sp³-hybridized carbons (Fsp3) is 0.533. The lowest BCUT2D eigenvalue weighted by molar-refractivity contribution is -0.384. The van der Waals surface area contributed by atoms with Crippen molar-refractivity contribution in [1.29, 1.82) is 0 Å². The predicted molar refractivity (Wildman–Crippen MR) is 75.9 cm³/mol. The van der Waals surface area contributed by atoms with Gasteiger partial charge in [0.25, 0.3) is 5.69 Å². The van der Waals surface area contributed by atoms with Crippen LogP contribution in [0.25, 0.3) is 0 Å². The number of amides is 1. The van der Waals surface area contributed by atoms with Gasteiger partial charge in [-0.3, -0.25) is 15.0 Å². The number of nitro groups is 1. The minimum atomic E-state index is -0.544. The molecule has 2 bridgehead atoms. The Morgan fingerprint density at radius 2 is 1.90 bits per heavy atom. The average Bonchev–Trinajstić information content (AvgIpc) is 2.92. The smallest absolute Gasteiger partial charge is 0.411 e. The molecule has 0 radical (unpaired) electrons. The first-order chi connectivity index (χ1) is 9.78. The molecule has 1 aromatic rings. The van der Waals surface area contributed by atoms with Crippen LogP contribution < -0.4 is 0 Å². The number of hydrogen-bond acceptors (Lipinski definition) is 4. The number of hydrogen-bond donors (Lipinski definition) is 0. The first-order valence-electron chi connectivity index (χ1n) is 7.07. The summed E-state index contributed by atoms with van der Waals surface area (Å²) in [5, 5.41) is 10.9. The molecule has 0 saturated carbocycles. The minimum absolute atomic E-state index is 0.0133. The second kappa shape index (κ2) is 4.44. The number of rotatable bonds is 1. The van der Waals surface area contributed by atoms with Crippen molar-refractivity contribution in [3.63, 3.8) is 0 Å². The Bertz CT molecular complexity index is 621. The quantitative estimate of drug-likeness (QED) is 0.583. The van der Waals surface area contributed by atoms with Crippen molar-refractivity contribution in [1.82, 2.24) is 4.90 Å². The predicted octanol–water partition coefficient (Wildman–Crippen LogP) is 3.72. The standard InChI is InChI=1S/C15H18N2O4/c1-15(2,3)21-14(18)16-12-6-7-13(16)11-8-9(17(19)20)4-5-10(11)12/h4-5,8,12-13H,6-7H2,1-3H3. The zero-order valence-corrected chi connectivity index (χ0v) is 12.3. The molecule has 0 aliphatic carbocycles. The SMILES string of the molecule is CC(C)(C)OC(=O)N1C2CCC1c1cc([N+](=O)[O-])ccc12. The second-order valence-electron chi connectivity index (χ2n) is 6.57. The van der Waals surface area contributed by atoms with Crippen LogP contribution in [0.2, 0.25) is 0 Å². The van der Waals surface area contributed by atoms with Gasteiger partial charge in [-0.1, -0.05) is 0 Å². The summed E-state index contributed by atoms with van der Waals surface area (Å²) in [6.45, 7) is 5.50. The Labute approximate surface area is 122 Å². The van der Waals surface area contributed by atoms with E-state index in [1.54, 1.807) is 17.0 Å². The third-order valence-electron chi connectivity index (χ3n) is 3.99. The molecule has 2 unspecified atom stereocenters. The second-order valence-corrected chi connectivity index (χ2v) is 6.57. The van der Waals surface area contributed by atoms with Gasteiger partial charge in [0.15, 0.2) is 0 Å². The van der Waals surface area contributed by atoms with Crippen molar-refractivity contribution < 1.29 is 14.5 Å². The zero-order chi connectivity index (χ0) is 15.4. The summed E-state index contributed by atoms with van der Waals surface area (Å²) < 4.78 is 5.46. The maximum Gasteiger partial charge on any atom is 0.411 e. The zero-order valence-electron chi connectivity index (χ0n) is 12.3. The molecule has 0 spiro atoms. The largest absolute Gasteiger partial charge is 0.444 e. The maximum absolute atomic E-state index is 12.4. The molecule has 1 saturated heterocycles. The van der Waals surface area contributed by atoms with E-state index in [1.807, 2.05) is 20.8 Å². The molecule has 2 aliphatic rings. The summed E-state index contributed by atoms with van der Waals surface area (Å²) in [6.07, 6.45) is 1.38. The van der Waals surface area contributed by atoms with Gasteiger partial charge in [0.05, 0.1) is 17.0 Å². The van der Waals surface area contributed by atoms with Gasteiger partial charge in [0.2, 0.25) is 0 Å². The number of ether oxygens (including phenoxy) is 1. The molecule has 6 nitrogen and oxygen atoms in total. The molecule has 6 heteroatoms. The monoisotopic (exact) mass is 290 g/mol. The maximum atomic E-state index is 12.4. The summed E-state index contributed by atoms with van der Waals surface area (Å²) in [4.78, 5) is 24.6. The van der Waals surface area contributed by atoms with Gasteiger partial charge in [-0.25, -0.2) is 4.79 Å². The van der Waals surface area contributed by atoms with E-state index in [0.717, 1.165) is 24.0 Å². The third kappa shape index (κ3) is 2.24. The molecule has 21 heavy (non-hydrogen) atoms. The Morgan fingerprint density at radius 3 is 2.48 bits per heavy atom. The van der Waals surface area contributed by atoms with Crippen molar-refractivity contribution in [3.05, 3.63) is 39.4 Å². The topological polar surface area (TPSA) is 72.7 Å². The van der Waals surface area contributed by atoms with Crippen LogP contribution in [-0.2, 0) is 4.74 Å². The number of nitro benzene ring substituents is 1. The number of fused-ring (bicyclic) bond motifs is 5. The molecule has 1 fully saturated rings. The first kappa shape index (κ1) is 13.9. The Morgan fingerprint density at radius 1 is 1.29 bits per heavy atom. The Hall–Kier alpha value is -2.11. The highest BCUT2D eigenvalue weighted by Gasteiger charge is 2.48. The fourth-order valence-electron chi connectivity index (χ4n) is 3.26. The van der Waals surface area contributed by atoms with Crippen LogP contribution >= 0.6 is 0 Å². The van der Waals surface area contributed by atoms with E-state index < -0.39 is 10.5 Å². The van der Waals surface area contributed by atoms with E-state index in [-0.39, 0.29) is 23.9 Å². The molecule has 2 aliphatic heterocycles. The summed E-state index contributed by atoms with van der Waals surface area (Å²) in [7, 11) is 0. The fourth-order valence-corrected chi connectivity index (χ4v) is 3.26. The van der Waals surface area contributed by atoms with Crippen LogP contribution in [0.5, 0.6) is 0 Å².